The number of aryl methyl sites for hydroxylation is 2. The number of hydrogen-bond donors (Lipinski definition) is 1. The van der Waals surface area contributed by atoms with E-state index in [-0.39, 0.29) is 6.04 Å². The summed E-state index contributed by atoms with van der Waals surface area (Å²) in [6.07, 6.45) is 4.06. The smallest absolute Gasteiger partial charge is 0.119 e. The van der Waals surface area contributed by atoms with Gasteiger partial charge in [-0.15, -0.1) is 11.3 Å². The number of aromatic nitrogens is 1. The second kappa shape index (κ2) is 5.54. The Labute approximate surface area is 123 Å². The Balaban J connectivity index is 1.98. The lowest BCUT2D eigenvalue weighted by Crippen LogP contribution is -2.21. The molecule has 1 aromatic heterocycles. The molecule has 3 rings (SSSR count). The van der Waals surface area contributed by atoms with Crippen LogP contribution in [-0.4, -0.2) is 18.1 Å². The topological polar surface area (TPSA) is 48.1 Å². The molecular weight excluding hydrogens is 268 g/mol. The van der Waals surface area contributed by atoms with Crippen LogP contribution in [0.2, 0.25) is 0 Å². The average Bonchev–Trinajstić information content (AvgIpc) is 2.89. The van der Waals surface area contributed by atoms with E-state index in [2.05, 4.69) is 19.1 Å². The van der Waals surface area contributed by atoms with Gasteiger partial charge in [0.15, 0.2) is 0 Å². The molecule has 0 saturated heterocycles. The largest absolute Gasteiger partial charge is 0.497 e. The van der Waals surface area contributed by atoms with Gasteiger partial charge in [-0.3, -0.25) is 0 Å². The molecule has 4 heteroatoms. The highest BCUT2D eigenvalue weighted by Gasteiger charge is 2.21. The molecule has 0 bridgehead atoms. The zero-order chi connectivity index (χ0) is 14.1. The Hall–Kier alpha value is -1.39. The summed E-state index contributed by atoms with van der Waals surface area (Å²) in [6.45, 7) is 2.12. The highest BCUT2D eigenvalue weighted by Crippen LogP contribution is 2.38. The van der Waals surface area contributed by atoms with Crippen molar-refractivity contribution in [1.82, 2.24) is 4.98 Å². The van der Waals surface area contributed by atoms with Crippen molar-refractivity contribution in [3.05, 3.63) is 33.6 Å². The van der Waals surface area contributed by atoms with Crippen molar-refractivity contribution in [3.63, 3.8) is 0 Å². The maximum atomic E-state index is 6.05. The fourth-order valence-corrected chi connectivity index (χ4v) is 3.78. The average molecular weight is 288 g/mol. The third-order valence-electron chi connectivity index (χ3n) is 3.90. The number of nitrogens with two attached hydrogens (primary N) is 1. The summed E-state index contributed by atoms with van der Waals surface area (Å²) in [5.41, 5.74) is 9.80. The number of rotatable bonds is 4. The minimum atomic E-state index is 0.215. The molecular formula is C16H20N2OS. The monoisotopic (exact) mass is 288 g/mol. The van der Waals surface area contributed by atoms with Crippen LogP contribution in [0.15, 0.2) is 18.2 Å². The molecule has 1 heterocycles. The highest BCUT2D eigenvalue weighted by atomic mass is 32.1. The first-order chi connectivity index (χ1) is 9.71. The molecule has 0 amide bonds. The van der Waals surface area contributed by atoms with Crippen LogP contribution >= 0.6 is 11.3 Å². The molecule has 0 fully saturated rings. The normalized spacial score (nSPS) is 14.6. The summed E-state index contributed by atoms with van der Waals surface area (Å²) in [5, 5.41) is 1.17. The van der Waals surface area contributed by atoms with Crippen molar-refractivity contribution in [3.8, 4) is 17.0 Å². The van der Waals surface area contributed by atoms with Crippen LogP contribution in [0.3, 0.4) is 0 Å². The van der Waals surface area contributed by atoms with Gasteiger partial charge in [0.1, 0.15) is 5.75 Å². The van der Waals surface area contributed by atoms with Gasteiger partial charge in [0.05, 0.1) is 17.8 Å². The predicted molar refractivity (Wildman–Crippen MR) is 83.5 cm³/mol. The Kier molecular flexibility index (Phi) is 3.76. The molecule has 1 aromatic carbocycles. The van der Waals surface area contributed by atoms with Gasteiger partial charge in [0, 0.05) is 22.9 Å². The summed E-state index contributed by atoms with van der Waals surface area (Å²) in [6, 6.07) is 6.52. The molecule has 1 aliphatic carbocycles. The molecule has 2 aromatic rings. The molecule has 1 atom stereocenters. The predicted octanol–water partition coefficient (Wildman–Crippen LogP) is 3.20. The van der Waals surface area contributed by atoms with Gasteiger partial charge in [0.25, 0.3) is 0 Å². The van der Waals surface area contributed by atoms with E-state index in [4.69, 9.17) is 15.5 Å². The van der Waals surface area contributed by atoms with Gasteiger partial charge < -0.3 is 10.5 Å². The Morgan fingerprint density at radius 2 is 2.25 bits per heavy atom. The lowest BCUT2D eigenvalue weighted by Gasteiger charge is -2.15. The second-order valence-electron chi connectivity index (χ2n) is 5.27. The van der Waals surface area contributed by atoms with E-state index < -0.39 is 0 Å². The lowest BCUT2D eigenvalue weighted by molar-refractivity contribution is 0.415. The third-order valence-corrected chi connectivity index (χ3v) is 5.03. The Morgan fingerprint density at radius 1 is 1.40 bits per heavy atom. The molecule has 0 saturated carbocycles. The number of hydrogen-bond acceptors (Lipinski definition) is 4. The third kappa shape index (κ3) is 2.45. The second-order valence-corrected chi connectivity index (χ2v) is 6.44. The molecule has 20 heavy (non-hydrogen) atoms. The van der Waals surface area contributed by atoms with Crippen molar-refractivity contribution in [2.24, 2.45) is 5.73 Å². The van der Waals surface area contributed by atoms with Crippen LogP contribution in [0.4, 0.5) is 0 Å². The highest BCUT2D eigenvalue weighted by molar-refractivity contribution is 7.12. The van der Waals surface area contributed by atoms with Crippen LogP contribution in [0.25, 0.3) is 11.3 Å². The quantitative estimate of drug-likeness (QED) is 0.940. The summed E-state index contributed by atoms with van der Waals surface area (Å²) in [5.74, 6) is 0.899. The first kappa shape index (κ1) is 13.6. The van der Waals surface area contributed by atoms with Gasteiger partial charge in [-0.05, 0) is 37.0 Å². The van der Waals surface area contributed by atoms with Crippen molar-refractivity contribution in [2.75, 3.05) is 7.11 Å². The number of methoxy groups -OCH3 is 1. The first-order valence-electron chi connectivity index (χ1n) is 7.12. The van der Waals surface area contributed by atoms with Gasteiger partial charge in [-0.1, -0.05) is 13.0 Å². The van der Waals surface area contributed by atoms with Crippen molar-refractivity contribution >= 4 is 11.3 Å². The van der Waals surface area contributed by atoms with Crippen LogP contribution in [0.1, 0.15) is 28.8 Å². The first-order valence-corrected chi connectivity index (χ1v) is 7.94. The van der Waals surface area contributed by atoms with E-state index in [9.17, 15) is 0 Å². The number of nitrogens with zero attached hydrogens (tertiary/aromatic N) is 1. The van der Waals surface area contributed by atoms with Crippen molar-refractivity contribution in [2.45, 2.75) is 38.6 Å². The van der Waals surface area contributed by atoms with Crippen LogP contribution in [0.5, 0.6) is 5.75 Å². The Bertz CT molecular complexity index is 621. The lowest BCUT2D eigenvalue weighted by atomic mass is 9.93. The molecule has 2 N–H and O–H groups in total. The van der Waals surface area contributed by atoms with Gasteiger partial charge in [0.2, 0.25) is 0 Å². The maximum absolute atomic E-state index is 6.05. The fraction of sp³-hybridized carbons (Fsp3) is 0.438. The number of ether oxygens (including phenoxy) is 1. The van der Waals surface area contributed by atoms with E-state index in [1.807, 2.05) is 17.4 Å². The zero-order valence-electron chi connectivity index (χ0n) is 12.0. The number of benzene rings is 1. The van der Waals surface area contributed by atoms with E-state index in [0.29, 0.717) is 0 Å². The minimum absolute atomic E-state index is 0.215. The maximum Gasteiger partial charge on any atom is 0.119 e. The van der Waals surface area contributed by atoms with E-state index in [1.165, 1.54) is 21.0 Å². The number of fused-ring (bicyclic) bond motifs is 3. The van der Waals surface area contributed by atoms with E-state index >= 15 is 0 Å². The van der Waals surface area contributed by atoms with Crippen molar-refractivity contribution in [1.29, 1.82) is 0 Å². The van der Waals surface area contributed by atoms with Gasteiger partial charge >= 0.3 is 0 Å². The molecule has 106 valence electrons. The standard InChI is InChI=1S/C16H20N2OS/c1-3-11(17)8-15-18-16-13-9-12(19-2)6-4-10(13)5-7-14(16)20-15/h4,6,9,11H,3,5,7-8,17H2,1-2H3. The molecule has 1 aliphatic rings. The molecule has 1 unspecified atom stereocenters. The summed E-state index contributed by atoms with van der Waals surface area (Å²) >= 11 is 1.82. The molecule has 0 radical (unpaired) electrons. The van der Waals surface area contributed by atoms with E-state index in [0.717, 1.165) is 37.1 Å². The van der Waals surface area contributed by atoms with Crippen LogP contribution in [0, 0.1) is 0 Å². The van der Waals surface area contributed by atoms with Gasteiger partial charge in [-0.25, -0.2) is 4.98 Å². The zero-order valence-corrected chi connectivity index (χ0v) is 12.8. The van der Waals surface area contributed by atoms with Crippen LogP contribution in [-0.2, 0) is 19.3 Å². The molecule has 0 aliphatic heterocycles. The SMILES string of the molecule is CCC(N)Cc1nc2c(s1)CCc1ccc(OC)cc1-2. The summed E-state index contributed by atoms with van der Waals surface area (Å²) in [4.78, 5) is 6.23. The number of thiazole rings is 1. The minimum Gasteiger partial charge on any atom is -0.497 e. The van der Waals surface area contributed by atoms with E-state index in [1.54, 1.807) is 7.11 Å². The molecule has 3 nitrogen and oxygen atoms in total. The molecule has 0 spiro atoms. The van der Waals surface area contributed by atoms with Crippen molar-refractivity contribution < 1.29 is 4.74 Å². The Morgan fingerprint density at radius 3 is 3.00 bits per heavy atom. The van der Waals surface area contributed by atoms with Crippen LogP contribution < -0.4 is 10.5 Å². The summed E-state index contributed by atoms with van der Waals surface area (Å²) in [7, 11) is 1.71. The fourth-order valence-electron chi connectivity index (χ4n) is 2.61. The van der Waals surface area contributed by atoms with Gasteiger partial charge in [-0.2, -0.15) is 0 Å². The summed E-state index contributed by atoms with van der Waals surface area (Å²) < 4.78 is 5.34.